The van der Waals surface area contributed by atoms with Gasteiger partial charge >= 0.3 is 0 Å². The number of nitrogens with one attached hydrogen (secondary N) is 1. The van der Waals surface area contributed by atoms with E-state index < -0.39 is 22.5 Å². The van der Waals surface area contributed by atoms with E-state index in [4.69, 9.17) is 0 Å². The first-order valence-electron chi connectivity index (χ1n) is 13.1. The molecule has 4 aromatic rings. The fraction of sp³-hybridized carbons (Fsp3) is 0.212. The zero-order chi connectivity index (χ0) is 29.1. The van der Waals surface area contributed by atoms with E-state index >= 15 is 0 Å². The number of aryl methyl sites for hydroxylation is 2. The maximum Gasteiger partial charge on any atom is 0.264 e. The summed E-state index contributed by atoms with van der Waals surface area (Å²) < 4.78 is 28.4. The van der Waals surface area contributed by atoms with Gasteiger partial charge in [0, 0.05) is 16.8 Å². The second-order valence-electron chi connectivity index (χ2n) is 10.9. The second kappa shape index (κ2) is 11.5. The van der Waals surface area contributed by atoms with Gasteiger partial charge in [0.15, 0.2) is 5.78 Å². The van der Waals surface area contributed by atoms with E-state index in [0.29, 0.717) is 22.5 Å². The minimum absolute atomic E-state index is 0.0228. The molecule has 0 aliphatic heterocycles. The molecular formula is C33H34N2O4S. The van der Waals surface area contributed by atoms with Crippen molar-refractivity contribution in [2.75, 3.05) is 16.2 Å². The molecule has 6 nitrogen and oxygen atoms in total. The van der Waals surface area contributed by atoms with Crippen molar-refractivity contribution in [2.45, 2.75) is 44.9 Å². The molecule has 40 heavy (non-hydrogen) atoms. The topological polar surface area (TPSA) is 83.6 Å². The van der Waals surface area contributed by atoms with Crippen LogP contribution in [0.15, 0.2) is 102 Å². The van der Waals surface area contributed by atoms with Crippen molar-refractivity contribution in [2.24, 2.45) is 0 Å². The number of sulfonamides is 1. The van der Waals surface area contributed by atoms with E-state index in [9.17, 15) is 18.0 Å². The van der Waals surface area contributed by atoms with Gasteiger partial charge in [0.05, 0.1) is 10.6 Å². The molecule has 4 aromatic carbocycles. The summed E-state index contributed by atoms with van der Waals surface area (Å²) in [6, 6.07) is 27.7. The highest BCUT2D eigenvalue weighted by Gasteiger charge is 2.27. The maximum absolute atomic E-state index is 13.6. The van der Waals surface area contributed by atoms with Crippen molar-refractivity contribution >= 4 is 33.1 Å². The summed E-state index contributed by atoms with van der Waals surface area (Å²) in [6.45, 7) is 9.64. The predicted octanol–water partition coefficient (Wildman–Crippen LogP) is 6.67. The van der Waals surface area contributed by atoms with Gasteiger partial charge in [-0.3, -0.25) is 13.9 Å². The summed E-state index contributed by atoms with van der Waals surface area (Å²) in [5.41, 5.74) is 4.66. The van der Waals surface area contributed by atoms with Crippen LogP contribution in [0.1, 0.15) is 53.4 Å². The van der Waals surface area contributed by atoms with E-state index in [1.807, 2.05) is 44.2 Å². The molecule has 0 fully saturated rings. The molecule has 0 atom stereocenters. The number of rotatable bonds is 8. The van der Waals surface area contributed by atoms with Crippen LogP contribution in [0.5, 0.6) is 0 Å². The van der Waals surface area contributed by atoms with E-state index in [0.717, 1.165) is 21.0 Å². The normalized spacial score (nSPS) is 11.6. The van der Waals surface area contributed by atoms with Gasteiger partial charge in [-0.1, -0.05) is 87.0 Å². The lowest BCUT2D eigenvalue weighted by Crippen LogP contribution is -2.38. The Balaban J connectivity index is 1.57. The third-order valence-corrected chi connectivity index (χ3v) is 8.40. The Kier molecular flexibility index (Phi) is 8.26. The molecule has 0 aliphatic rings. The van der Waals surface area contributed by atoms with E-state index in [-0.39, 0.29) is 16.1 Å². The van der Waals surface area contributed by atoms with Crippen molar-refractivity contribution < 1.29 is 18.0 Å². The summed E-state index contributed by atoms with van der Waals surface area (Å²) in [5.74, 6) is -0.698. The Morgan fingerprint density at radius 3 is 2.02 bits per heavy atom. The van der Waals surface area contributed by atoms with Gasteiger partial charge in [0.1, 0.15) is 6.54 Å². The highest BCUT2D eigenvalue weighted by molar-refractivity contribution is 7.92. The molecule has 0 heterocycles. The average molecular weight is 555 g/mol. The fourth-order valence-electron chi connectivity index (χ4n) is 4.29. The van der Waals surface area contributed by atoms with Crippen LogP contribution < -0.4 is 9.62 Å². The largest absolute Gasteiger partial charge is 0.324 e. The van der Waals surface area contributed by atoms with Crippen molar-refractivity contribution in [3.8, 4) is 0 Å². The Morgan fingerprint density at radius 2 is 1.40 bits per heavy atom. The number of anilines is 2. The van der Waals surface area contributed by atoms with E-state index in [2.05, 4.69) is 26.1 Å². The molecule has 0 saturated heterocycles. The van der Waals surface area contributed by atoms with Crippen LogP contribution in [0.2, 0.25) is 0 Å². The SMILES string of the molecule is Cc1ccc(S(=O)(=O)N(CC(=O)Nc2cccc(C(=O)c3ccc(C(C)(C)C)cc3)c2)c2cccc(C)c2)cc1. The lowest BCUT2D eigenvalue weighted by Gasteiger charge is -2.24. The smallest absolute Gasteiger partial charge is 0.264 e. The summed E-state index contributed by atoms with van der Waals surface area (Å²) >= 11 is 0. The molecule has 4 rings (SSSR count). The number of hydrogen-bond donors (Lipinski definition) is 1. The van der Waals surface area contributed by atoms with Gasteiger partial charge in [-0.05, 0) is 66.8 Å². The van der Waals surface area contributed by atoms with Gasteiger partial charge in [0.25, 0.3) is 10.0 Å². The van der Waals surface area contributed by atoms with Crippen LogP contribution >= 0.6 is 0 Å². The lowest BCUT2D eigenvalue weighted by atomic mass is 9.86. The molecule has 0 aromatic heterocycles. The Morgan fingerprint density at radius 1 is 0.750 bits per heavy atom. The van der Waals surface area contributed by atoms with E-state index in [1.165, 1.54) is 12.1 Å². The molecule has 1 N–H and O–H groups in total. The first kappa shape index (κ1) is 28.8. The van der Waals surface area contributed by atoms with Crippen LogP contribution in [0.25, 0.3) is 0 Å². The molecule has 206 valence electrons. The molecule has 0 aliphatic carbocycles. The minimum Gasteiger partial charge on any atom is -0.324 e. The predicted molar refractivity (Wildman–Crippen MR) is 161 cm³/mol. The van der Waals surface area contributed by atoms with Gasteiger partial charge in [0.2, 0.25) is 5.91 Å². The number of carbonyl (C=O) groups excluding carboxylic acids is 2. The molecule has 0 radical (unpaired) electrons. The zero-order valence-electron chi connectivity index (χ0n) is 23.4. The number of nitrogens with zero attached hydrogens (tertiary/aromatic N) is 1. The maximum atomic E-state index is 13.6. The molecule has 0 spiro atoms. The van der Waals surface area contributed by atoms with Crippen molar-refractivity contribution in [3.05, 3.63) is 125 Å². The average Bonchev–Trinajstić information content (AvgIpc) is 2.91. The Bertz CT molecular complexity index is 1640. The third-order valence-electron chi connectivity index (χ3n) is 6.61. The minimum atomic E-state index is -4.03. The molecule has 1 amide bonds. The number of benzene rings is 4. The van der Waals surface area contributed by atoms with Crippen molar-refractivity contribution in [1.29, 1.82) is 0 Å². The molecule has 7 heteroatoms. The molecule has 0 unspecified atom stereocenters. The standard InChI is InChI=1S/C33H34N2O4S/c1-23-12-18-30(19-13-23)40(38,39)35(29-11-6-8-24(2)20-29)22-31(36)34-28-10-7-9-26(21-28)32(37)25-14-16-27(17-15-25)33(3,4)5/h6-21H,22H2,1-5H3,(H,34,36). The van der Waals surface area contributed by atoms with Gasteiger partial charge < -0.3 is 5.32 Å². The first-order chi connectivity index (χ1) is 18.8. The quantitative estimate of drug-likeness (QED) is 0.247. The van der Waals surface area contributed by atoms with Crippen LogP contribution in [-0.4, -0.2) is 26.7 Å². The zero-order valence-corrected chi connectivity index (χ0v) is 24.2. The summed E-state index contributed by atoms with van der Waals surface area (Å²) in [7, 11) is -4.03. The lowest BCUT2D eigenvalue weighted by molar-refractivity contribution is -0.114. The number of ketones is 1. The van der Waals surface area contributed by atoms with Crippen LogP contribution in [-0.2, 0) is 20.2 Å². The number of hydrogen-bond acceptors (Lipinski definition) is 4. The van der Waals surface area contributed by atoms with E-state index in [1.54, 1.807) is 54.6 Å². The Hall–Kier alpha value is -4.23. The number of carbonyl (C=O) groups is 2. The van der Waals surface area contributed by atoms with Crippen LogP contribution in [0.3, 0.4) is 0 Å². The number of amides is 1. The Labute approximate surface area is 236 Å². The summed E-state index contributed by atoms with van der Waals surface area (Å²) in [5, 5.41) is 2.77. The fourth-order valence-corrected chi connectivity index (χ4v) is 5.71. The summed E-state index contributed by atoms with van der Waals surface area (Å²) in [6.07, 6.45) is 0. The highest BCUT2D eigenvalue weighted by Crippen LogP contribution is 2.26. The molecule has 0 bridgehead atoms. The van der Waals surface area contributed by atoms with Crippen molar-refractivity contribution in [3.63, 3.8) is 0 Å². The third kappa shape index (κ3) is 6.66. The monoisotopic (exact) mass is 554 g/mol. The van der Waals surface area contributed by atoms with Crippen LogP contribution in [0, 0.1) is 13.8 Å². The molecular weight excluding hydrogens is 520 g/mol. The molecule has 0 saturated carbocycles. The first-order valence-corrected chi connectivity index (χ1v) is 14.5. The van der Waals surface area contributed by atoms with Crippen LogP contribution in [0.4, 0.5) is 11.4 Å². The van der Waals surface area contributed by atoms with Crippen molar-refractivity contribution in [1.82, 2.24) is 0 Å². The summed E-state index contributed by atoms with van der Waals surface area (Å²) in [4.78, 5) is 26.4. The highest BCUT2D eigenvalue weighted by atomic mass is 32.2. The van der Waals surface area contributed by atoms with Gasteiger partial charge in [-0.25, -0.2) is 8.42 Å². The van der Waals surface area contributed by atoms with Gasteiger partial charge in [-0.15, -0.1) is 0 Å². The van der Waals surface area contributed by atoms with Gasteiger partial charge in [-0.2, -0.15) is 0 Å². The second-order valence-corrected chi connectivity index (χ2v) is 12.8.